The minimum absolute atomic E-state index is 0.0949. The Morgan fingerprint density at radius 3 is 2.48 bits per heavy atom. The number of ether oxygens (including phenoxy) is 2. The van der Waals surface area contributed by atoms with Crippen LogP contribution in [0.3, 0.4) is 0 Å². The molecule has 1 spiro atoms. The largest absolute Gasteiger partial charge is 0.486 e. The maximum Gasteiger partial charge on any atom is 0.328 e. The fraction of sp³-hybridized carbons (Fsp3) is 0.423. The number of esters is 1. The first kappa shape index (κ1) is 20.3. The lowest BCUT2D eigenvalue weighted by molar-refractivity contribution is -0.135. The van der Waals surface area contributed by atoms with E-state index in [9.17, 15) is 14.4 Å². The smallest absolute Gasteiger partial charge is 0.328 e. The van der Waals surface area contributed by atoms with E-state index in [2.05, 4.69) is 0 Å². The number of fused-ring (bicyclic) bond motifs is 4. The van der Waals surface area contributed by atoms with Gasteiger partial charge < -0.3 is 9.47 Å². The van der Waals surface area contributed by atoms with Crippen LogP contribution in [0.1, 0.15) is 72.3 Å². The Kier molecular flexibility index (Phi) is 4.34. The second kappa shape index (κ2) is 7.07. The van der Waals surface area contributed by atoms with Crippen LogP contribution in [0.5, 0.6) is 11.5 Å². The summed E-state index contributed by atoms with van der Waals surface area (Å²) in [5, 5.41) is 0. The quantitative estimate of drug-likeness (QED) is 0.417. The molecule has 1 aliphatic carbocycles. The van der Waals surface area contributed by atoms with Crippen LogP contribution >= 0.6 is 0 Å². The summed E-state index contributed by atoms with van der Waals surface area (Å²) in [6.07, 6.45) is 5.55. The van der Waals surface area contributed by atoms with E-state index in [0.29, 0.717) is 23.5 Å². The summed E-state index contributed by atoms with van der Waals surface area (Å²) in [6.45, 7) is 0. The Morgan fingerprint density at radius 1 is 0.939 bits per heavy atom. The predicted molar refractivity (Wildman–Crippen MR) is 122 cm³/mol. The lowest BCUT2D eigenvalue weighted by atomic mass is 9.76. The van der Waals surface area contributed by atoms with Crippen molar-refractivity contribution < 1.29 is 19.1 Å². The van der Waals surface area contributed by atoms with Crippen molar-refractivity contribution in [3.05, 3.63) is 57.5 Å². The molecule has 0 saturated heterocycles. The number of hydrogen-bond donors (Lipinski definition) is 0. The van der Waals surface area contributed by atoms with Gasteiger partial charge in [0.25, 0.3) is 0 Å². The van der Waals surface area contributed by atoms with Gasteiger partial charge in [0.05, 0.1) is 29.4 Å². The van der Waals surface area contributed by atoms with Gasteiger partial charge >= 0.3 is 11.7 Å². The number of nitrogens with zero attached hydrogens (tertiary/aromatic N) is 2. The van der Waals surface area contributed by atoms with Crippen LogP contribution in [0.15, 0.2) is 35.1 Å². The molecule has 0 unspecified atom stereocenters. The molecule has 2 aromatic carbocycles. The highest BCUT2D eigenvalue weighted by Crippen LogP contribution is 2.51. The number of hydrogen-bond acceptors (Lipinski definition) is 5. The SMILES string of the molecule is Cn1c(=O)n(C)c2cc([C@@H]3CC(=O)Oc4ccc5c(c43)OC3(CCCCC3)CC5=O)ccc21. The number of aryl methyl sites for hydroxylation is 2. The highest BCUT2D eigenvalue weighted by Gasteiger charge is 2.44. The van der Waals surface area contributed by atoms with Crippen molar-refractivity contribution in [2.24, 2.45) is 14.1 Å². The van der Waals surface area contributed by atoms with Gasteiger partial charge in [-0.2, -0.15) is 0 Å². The van der Waals surface area contributed by atoms with E-state index in [1.165, 1.54) is 0 Å². The first-order valence-corrected chi connectivity index (χ1v) is 11.6. The van der Waals surface area contributed by atoms with Gasteiger partial charge in [-0.3, -0.25) is 18.7 Å². The van der Waals surface area contributed by atoms with Crippen molar-refractivity contribution >= 4 is 22.8 Å². The Bertz CT molecular complexity index is 1390. The molecule has 7 nitrogen and oxygen atoms in total. The van der Waals surface area contributed by atoms with Gasteiger partial charge in [0.1, 0.15) is 17.1 Å². The molecule has 1 atom stereocenters. The fourth-order valence-corrected chi connectivity index (χ4v) is 5.90. The number of carbonyl (C=O) groups is 2. The Labute approximate surface area is 190 Å². The molecule has 170 valence electrons. The molecule has 33 heavy (non-hydrogen) atoms. The molecule has 3 aromatic rings. The standard InChI is InChI=1S/C26H26N2O5/c1-27-18-8-6-15(12-19(18)28(2)25(27)31)17-13-22(30)32-21-9-7-16-20(29)14-26(10-4-3-5-11-26)33-24(16)23(17)21/h6-9,12,17H,3-5,10-11,13-14H2,1-2H3/t17-/m0/s1. The molecular weight excluding hydrogens is 420 g/mol. The van der Waals surface area contributed by atoms with Crippen LogP contribution in [-0.4, -0.2) is 26.5 Å². The number of ketones is 1. The number of aromatic nitrogens is 2. The molecule has 3 aliphatic rings. The van der Waals surface area contributed by atoms with Crippen molar-refractivity contribution in [3.8, 4) is 11.5 Å². The number of imidazole rings is 1. The van der Waals surface area contributed by atoms with Gasteiger partial charge in [-0.1, -0.05) is 12.5 Å². The molecule has 1 saturated carbocycles. The summed E-state index contributed by atoms with van der Waals surface area (Å²) in [6, 6.07) is 9.27. The van der Waals surface area contributed by atoms with Gasteiger partial charge in [-0.05, 0) is 55.5 Å². The number of benzene rings is 2. The number of Topliss-reactive ketones (excluding diaryl/α,β-unsaturated/α-hetero) is 1. The Morgan fingerprint density at radius 2 is 1.70 bits per heavy atom. The highest BCUT2D eigenvalue weighted by atomic mass is 16.5. The minimum Gasteiger partial charge on any atom is -0.486 e. The lowest BCUT2D eigenvalue weighted by Crippen LogP contribution is -2.44. The monoisotopic (exact) mass is 446 g/mol. The van der Waals surface area contributed by atoms with Gasteiger partial charge in [0.2, 0.25) is 0 Å². The van der Waals surface area contributed by atoms with Gasteiger partial charge in [-0.25, -0.2) is 4.79 Å². The van der Waals surface area contributed by atoms with Crippen LogP contribution in [0.2, 0.25) is 0 Å². The Hall–Kier alpha value is -3.35. The normalized spacial score (nSPS) is 21.5. The second-order valence-electron chi connectivity index (χ2n) is 9.68. The zero-order valence-corrected chi connectivity index (χ0v) is 18.8. The van der Waals surface area contributed by atoms with E-state index in [4.69, 9.17) is 9.47 Å². The highest BCUT2D eigenvalue weighted by molar-refractivity contribution is 6.01. The third-order valence-corrected chi connectivity index (χ3v) is 7.66. The summed E-state index contributed by atoms with van der Waals surface area (Å²) < 4.78 is 15.5. The molecule has 1 aromatic heterocycles. The van der Waals surface area contributed by atoms with E-state index < -0.39 is 5.60 Å². The van der Waals surface area contributed by atoms with Crippen molar-refractivity contribution in [2.45, 2.75) is 56.5 Å². The van der Waals surface area contributed by atoms with Crippen LogP contribution in [-0.2, 0) is 18.9 Å². The van der Waals surface area contributed by atoms with Crippen molar-refractivity contribution in [2.75, 3.05) is 0 Å². The molecule has 1 fully saturated rings. The zero-order valence-electron chi connectivity index (χ0n) is 18.8. The van der Waals surface area contributed by atoms with Crippen LogP contribution in [0.4, 0.5) is 0 Å². The van der Waals surface area contributed by atoms with Gasteiger partial charge in [-0.15, -0.1) is 0 Å². The minimum atomic E-state index is -0.462. The third-order valence-electron chi connectivity index (χ3n) is 7.66. The lowest BCUT2D eigenvalue weighted by Gasteiger charge is -2.42. The summed E-state index contributed by atoms with van der Waals surface area (Å²) in [5.41, 5.74) is 3.30. The van der Waals surface area contributed by atoms with Crippen LogP contribution in [0.25, 0.3) is 11.0 Å². The summed E-state index contributed by atoms with van der Waals surface area (Å²) >= 11 is 0. The fourth-order valence-electron chi connectivity index (χ4n) is 5.90. The Balaban J connectivity index is 1.54. The van der Waals surface area contributed by atoms with Crippen LogP contribution in [0, 0.1) is 0 Å². The van der Waals surface area contributed by atoms with E-state index >= 15 is 0 Å². The molecule has 0 radical (unpaired) electrons. The van der Waals surface area contributed by atoms with Crippen LogP contribution < -0.4 is 15.2 Å². The molecule has 0 N–H and O–H groups in total. The van der Waals surface area contributed by atoms with Gasteiger partial charge in [0.15, 0.2) is 5.78 Å². The first-order chi connectivity index (χ1) is 15.9. The molecule has 0 amide bonds. The average molecular weight is 447 g/mol. The predicted octanol–water partition coefficient (Wildman–Crippen LogP) is 3.99. The summed E-state index contributed by atoms with van der Waals surface area (Å²) in [7, 11) is 3.49. The van der Waals surface area contributed by atoms with Gasteiger partial charge in [0, 0.05) is 25.6 Å². The average Bonchev–Trinajstić information content (AvgIpc) is 3.02. The molecule has 0 bridgehead atoms. The maximum atomic E-state index is 13.2. The molecule has 3 heterocycles. The first-order valence-electron chi connectivity index (χ1n) is 11.6. The second-order valence-corrected chi connectivity index (χ2v) is 9.68. The summed E-state index contributed by atoms with van der Waals surface area (Å²) in [4.78, 5) is 38.1. The van der Waals surface area contributed by atoms with Crippen molar-refractivity contribution in [3.63, 3.8) is 0 Å². The van der Waals surface area contributed by atoms with E-state index in [1.54, 1.807) is 35.4 Å². The third kappa shape index (κ3) is 2.98. The van der Waals surface area contributed by atoms with E-state index in [-0.39, 0.29) is 29.8 Å². The van der Waals surface area contributed by atoms with Crippen molar-refractivity contribution in [1.82, 2.24) is 9.13 Å². The van der Waals surface area contributed by atoms with E-state index in [1.807, 2.05) is 18.2 Å². The number of rotatable bonds is 1. The molecule has 6 rings (SSSR count). The topological polar surface area (TPSA) is 79.5 Å². The zero-order chi connectivity index (χ0) is 22.9. The summed E-state index contributed by atoms with van der Waals surface area (Å²) in [5.74, 6) is 0.492. The molecule has 2 aliphatic heterocycles. The van der Waals surface area contributed by atoms with E-state index in [0.717, 1.165) is 54.3 Å². The molecule has 7 heteroatoms. The molecular formula is C26H26N2O5. The maximum absolute atomic E-state index is 13.2. The van der Waals surface area contributed by atoms with Crippen molar-refractivity contribution in [1.29, 1.82) is 0 Å². The number of carbonyl (C=O) groups excluding carboxylic acids is 2.